The third-order valence-electron chi connectivity index (χ3n) is 3.38. The van der Waals surface area contributed by atoms with Gasteiger partial charge in [0.25, 0.3) is 0 Å². The van der Waals surface area contributed by atoms with Gasteiger partial charge in [-0.05, 0) is 44.9 Å². The first-order chi connectivity index (χ1) is 11.7. The summed E-state index contributed by atoms with van der Waals surface area (Å²) in [5, 5.41) is 5.25. The van der Waals surface area contributed by atoms with Crippen LogP contribution in [0.5, 0.6) is 0 Å². The molecule has 1 rings (SSSR count). The second kappa shape index (κ2) is 9.74. The van der Waals surface area contributed by atoms with E-state index in [4.69, 9.17) is 11.6 Å². The van der Waals surface area contributed by atoms with Gasteiger partial charge in [-0.3, -0.25) is 9.59 Å². The van der Waals surface area contributed by atoms with Crippen LogP contribution in [0.3, 0.4) is 0 Å². The van der Waals surface area contributed by atoms with E-state index in [-0.39, 0.29) is 28.7 Å². The highest BCUT2D eigenvalue weighted by atomic mass is 35.5. The van der Waals surface area contributed by atoms with Gasteiger partial charge in [-0.1, -0.05) is 17.7 Å². The molecular weight excluding hydrogens is 366 g/mol. The number of carbonyl (C=O) groups excluding carboxylic acids is 2. The Kier molecular flexibility index (Phi) is 8.34. The Bertz CT molecular complexity index is 722. The zero-order valence-electron chi connectivity index (χ0n) is 14.6. The highest BCUT2D eigenvalue weighted by molar-refractivity contribution is 7.89. The molecule has 0 fully saturated rings. The van der Waals surface area contributed by atoms with E-state index in [1.807, 2.05) is 0 Å². The third-order valence-corrected chi connectivity index (χ3v) is 5.33. The largest absolute Gasteiger partial charge is 0.356 e. The topological polar surface area (TPSA) is 104 Å². The van der Waals surface area contributed by atoms with Crippen LogP contribution in [-0.4, -0.2) is 39.4 Å². The Morgan fingerprint density at radius 3 is 2.40 bits per heavy atom. The third kappa shape index (κ3) is 6.64. The summed E-state index contributed by atoms with van der Waals surface area (Å²) in [6, 6.07) is 3.55. The van der Waals surface area contributed by atoms with Crippen molar-refractivity contribution in [3.8, 4) is 0 Å². The van der Waals surface area contributed by atoms with E-state index in [0.717, 1.165) is 5.56 Å². The minimum absolute atomic E-state index is 0.0275. The first kappa shape index (κ1) is 21.4. The van der Waals surface area contributed by atoms with Crippen molar-refractivity contribution in [2.45, 2.75) is 44.6 Å². The van der Waals surface area contributed by atoms with E-state index in [1.165, 1.54) is 12.1 Å². The van der Waals surface area contributed by atoms with Gasteiger partial charge in [-0.2, -0.15) is 4.72 Å². The maximum absolute atomic E-state index is 12.6. The fourth-order valence-corrected chi connectivity index (χ4v) is 3.98. The molecular formula is C16H24ClN3O4S. The lowest BCUT2D eigenvalue weighted by Gasteiger charge is -2.18. The first-order valence-corrected chi connectivity index (χ1v) is 9.90. The highest BCUT2D eigenvalue weighted by Gasteiger charge is 2.27. The zero-order valence-corrected chi connectivity index (χ0v) is 16.1. The molecule has 0 radical (unpaired) electrons. The predicted molar refractivity (Wildman–Crippen MR) is 96.9 cm³/mol. The summed E-state index contributed by atoms with van der Waals surface area (Å²) in [5.74, 6) is -0.733. The van der Waals surface area contributed by atoms with Gasteiger partial charge in [0.1, 0.15) is 10.9 Å². The van der Waals surface area contributed by atoms with Crippen LogP contribution in [0.25, 0.3) is 0 Å². The molecule has 0 aliphatic carbocycles. The van der Waals surface area contributed by atoms with Crippen molar-refractivity contribution in [1.29, 1.82) is 0 Å². The second-order valence-electron chi connectivity index (χ2n) is 5.49. The van der Waals surface area contributed by atoms with Gasteiger partial charge in [0.2, 0.25) is 21.8 Å². The quantitative estimate of drug-likeness (QED) is 0.592. The number of hydrogen-bond donors (Lipinski definition) is 3. The molecule has 0 spiro atoms. The molecule has 1 aromatic carbocycles. The number of amides is 2. The van der Waals surface area contributed by atoms with Crippen LogP contribution in [0.2, 0.25) is 5.02 Å². The summed E-state index contributed by atoms with van der Waals surface area (Å²) in [7, 11) is -4.01. The smallest absolute Gasteiger partial charge is 0.242 e. The number of nitrogens with one attached hydrogen (secondary N) is 3. The van der Waals surface area contributed by atoms with E-state index >= 15 is 0 Å². The van der Waals surface area contributed by atoms with Gasteiger partial charge < -0.3 is 10.6 Å². The Morgan fingerprint density at radius 1 is 1.16 bits per heavy atom. The summed E-state index contributed by atoms with van der Waals surface area (Å²) in [6.07, 6.45) is 0.0695. The van der Waals surface area contributed by atoms with Crippen LogP contribution < -0.4 is 15.4 Å². The molecule has 7 nitrogen and oxygen atoms in total. The average Bonchev–Trinajstić information content (AvgIpc) is 2.54. The Labute approximate surface area is 153 Å². The van der Waals surface area contributed by atoms with Crippen LogP contribution in [0, 0.1) is 6.92 Å². The number of likely N-dealkylation sites (N-methyl/N-ethyl adjacent to an activating group) is 1. The molecule has 2 amide bonds. The lowest BCUT2D eigenvalue weighted by Crippen LogP contribution is -2.47. The average molecular weight is 390 g/mol. The summed E-state index contributed by atoms with van der Waals surface area (Å²) in [6.45, 7) is 6.07. The molecule has 9 heteroatoms. The number of hydrogen-bond acceptors (Lipinski definition) is 4. The van der Waals surface area contributed by atoms with Crippen LogP contribution in [0.15, 0.2) is 23.1 Å². The van der Waals surface area contributed by atoms with Crippen molar-refractivity contribution in [3.05, 3.63) is 28.8 Å². The van der Waals surface area contributed by atoms with Crippen molar-refractivity contribution >= 4 is 33.4 Å². The standard InChI is InChI=1S/C16H24ClN3O4S/c1-4-18-15(21)9-8-13(16(22)19-5-2)20-25(23,24)14-10-11(3)6-7-12(14)17/h6-7,10,13,20H,4-5,8-9H2,1-3H3,(H,18,21)(H,19,22). The molecule has 0 aromatic heterocycles. The van der Waals surface area contributed by atoms with Crippen molar-refractivity contribution in [2.75, 3.05) is 13.1 Å². The molecule has 0 aliphatic rings. The minimum atomic E-state index is -4.01. The van der Waals surface area contributed by atoms with Crippen molar-refractivity contribution in [2.24, 2.45) is 0 Å². The van der Waals surface area contributed by atoms with E-state index in [9.17, 15) is 18.0 Å². The van der Waals surface area contributed by atoms with Crippen LogP contribution in [0.1, 0.15) is 32.3 Å². The second-order valence-corrected chi connectivity index (χ2v) is 7.58. The monoisotopic (exact) mass is 389 g/mol. The molecule has 0 heterocycles. The Hall–Kier alpha value is -1.64. The molecule has 25 heavy (non-hydrogen) atoms. The van der Waals surface area contributed by atoms with Gasteiger partial charge >= 0.3 is 0 Å². The number of aryl methyl sites for hydroxylation is 1. The maximum atomic E-state index is 12.6. The lowest BCUT2D eigenvalue weighted by atomic mass is 10.1. The molecule has 1 atom stereocenters. The zero-order chi connectivity index (χ0) is 19.0. The van der Waals surface area contributed by atoms with Crippen molar-refractivity contribution in [3.63, 3.8) is 0 Å². The molecule has 0 saturated carbocycles. The number of carbonyl (C=O) groups is 2. The van der Waals surface area contributed by atoms with Gasteiger partial charge in [0, 0.05) is 19.5 Å². The van der Waals surface area contributed by atoms with Gasteiger partial charge in [-0.25, -0.2) is 8.42 Å². The Morgan fingerprint density at radius 2 is 1.80 bits per heavy atom. The molecule has 0 bridgehead atoms. The van der Waals surface area contributed by atoms with E-state index in [2.05, 4.69) is 15.4 Å². The van der Waals surface area contributed by atoms with Gasteiger partial charge in [-0.15, -0.1) is 0 Å². The molecule has 1 aromatic rings. The molecule has 0 aliphatic heterocycles. The number of rotatable bonds is 9. The summed E-state index contributed by atoms with van der Waals surface area (Å²) in [5.41, 5.74) is 0.724. The van der Waals surface area contributed by atoms with Gasteiger partial charge in [0.05, 0.1) is 5.02 Å². The highest BCUT2D eigenvalue weighted by Crippen LogP contribution is 2.22. The molecule has 140 valence electrons. The first-order valence-electron chi connectivity index (χ1n) is 8.04. The van der Waals surface area contributed by atoms with E-state index in [0.29, 0.717) is 13.1 Å². The molecule has 0 saturated heterocycles. The fourth-order valence-electron chi connectivity index (χ4n) is 2.17. The predicted octanol–water partition coefficient (Wildman–Crippen LogP) is 1.35. The minimum Gasteiger partial charge on any atom is -0.356 e. The Balaban J connectivity index is 3.00. The molecule has 1 unspecified atom stereocenters. The number of halogens is 1. The lowest BCUT2D eigenvalue weighted by molar-refractivity contribution is -0.123. The fraction of sp³-hybridized carbons (Fsp3) is 0.500. The van der Waals surface area contributed by atoms with Crippen LogP contribution in [0.4, 0.5) is 0 Å². The van der Waals surface area contributed by atoms with E-state index in [1.54, 1.807) is 26.8 Å². The SMILES string of the molecule is CCNC(=O)CCC(NS(=O)(=O)c1cc(C)ccc1Cl)C(=O)NCC. The van der Waals surface area contributed by atoms with Crippen molar-refractivity contribution < 1.29 is 18.0 Å². The molecule has 3 N–H and O–H groups in total. The summed E-state index contributed by atoms with van der Waals surface area (Å²) in [4.78, 5) is 23.7. The van der Waals surface area contributed by atoms with Crippen molar-refractivity contribution in [1.82, 2.24) is 15.4 Å². The van der Waals surface area contributed by atoms with E-state index < -0.39 is 22.0 Å². The maximum Gasteiger partial charge on any atom is 0.242 e. The normalized spacial score (nSPS) is 12.5. The number of benzene rings is 1. The van der Waals surface area contributed by atoms with Crippen LogP contribution in [-0.2, 0) is 19.6 Å². The number of sulfonamides is 1. The van der Waals surface area contributed by atoms with Gasteiger partial charge in [0.15, 0.2) is 0 Å². The van der Waals surface area contributed by atoms with Crippen LogP contribution >= 0.6 is 11.6 Å². The summed E-state index contributed by atoms with van der Waals surface area (Å²) >= 11 is 5.99. The summed E-state index contributed by atoms with van der Waals surface area (Å²) < 4.78 is 27.6.